The van der Waals surface area contributed by atoms with Crippen molar-refractivity contribution in [1.82, 2.24) is 15.1 Å². The van der Waals surface area contributed by atoms with Crippen LogP contribution in [0.25, 0.3) is 0 Å². The Morgan fingerprint density at radius 1 is 1.12 bits per heavy atom. The van der Waals surface area contributed by atoms with Crippen molar-refractivity contribution in [2.75, 3.05) is 26.7 Å². The molecule has 4 rings (SSSR count). The Morgan fingerprint density at radius 2 is 1.85 bits per heavy atom. The van der Waals surface area contributed by atoms with E-state index in [9.17, 15) is 19.1 Å². The van der Waals surface area contributed by atoms with Crippen LogP contribution < -0.4 is 10.1 Å². The Bertz CT molecular complexity index is 1010. The molecule has 2 atom stereocenters. The zero-order valence-corrected chi connectivity index (χ0v) is 19.5. The number of nitrogens with one attached hydrogen (secondary N) is 1. The molecular formula is C26H32FN3O4. The van der Waals surface area contributed by atoms with E-state index in [1.807, 2.05) is 29.2 Å². The number of carbonyl (C=O) groups excluding carboxylic acids is 2. The highest BCUT2D eigenvalue weighted by Crippen LogP contribution is 2.27. The molecule has 0 unspecified atom stereocenters. The molecule has 0 spiro atoms. The molecule has 8 heteroatoms. The molecule has 0 saturated carbocycles. The number of β-amino-alcohol motifs (C(OH)–C–C–N with tert-alkyl or cyclic N) is 1. The summed E-state index contributed by atoms with van der Waals surface area (Å²) in [5.74, 6) is 0.290. The molecule has 2 fully saturated rings. The molecule has 0 bridgehead atoms. The summed E-state index contributed by atoms with van der Waals surface area (Å²) in [5, 5.41) is 13.3. The SMILES string of the molecule is COc1cccc(CNC(=O)[C@@H]2C[C@@H](O)CN2C2CCN(C(=O)Cc3cccc(F)c3)CC2)c1. The molecule has 2 heterocycles. The summed E-state index contributed by atoms with van der Waals surface area (Å²) in [6, 6.07) is 13.4. The smallest absolute Gasteiger partial charge is 0.237 e. The highest BCUT2D eigenvalue weighted by Gasteiger charge is 2.40. The van der Waals surface area contributed by atoms with E-state index in [4.69, 9.17) is 4.74 Å². The lowest BCUT2D eigenvalue weighted by molar-refractivity contribution is -0.133. The summed E-state index contributed by atoms with van der Waals surface area (Å²) >= 11 is 0. The van der Waals surface area contributed by atoms with Crippen LogP contribution in [0.15, 0.2) is 48.5 Å². The van der Waals surface area contributed by atoms with E-state index in [-0.39, 0.29) is 36.1 Å². The molecule has 2 saturated heterocycles. The van der Waals surface area contributed by atoms with Gasteiger partial charge >= 0.3 is 0 Å². The molecule has 0 aliphatic carbocycles. The van der Waals surface area contributed by atoms with Crippen LogP contribution in [-0.4, -0.2) is 71.7 Å². The summed E-state index contributed by atoms with van der Waals surface area (Å²) in [7, 11) is 1.61. The summed E-state index contributed by atoms with van der Waals surface area (Å²) in [6.45, 7) is 2.02. The predicted molar refractivity (Wildman–Crippen MR) is 126 cm³/mol. The second-order valence-electron chi connectivity index (χ2n) is 9.09. The van der Waals surface area contributed by atoms with Crippen molar-refractivity contribution < 1.29 is 23.8 Å². The number of carbonyl (C=O) groups is 2. The van der Waals surface area contributed by atoms with Gasteiger partial charge in [0.05, 0.1) is 25.7 Å². The fraction of sp³-hybridized carbons (Fsp3) is 0.462. The lowest BCUT2D eigenvalue weighted by Gasteiger charge is -2.39. The van der Waals surface area contributed by atoms with Gasteiger partial charge in [0.15, 0.2) is 0 Å². The number of rotatable bonds is 7. The molecule has 182 valence electrons. The number of aliphatic hydroxyl groups excluding tert-OH is 1. The largest absolute Gasteiger partial charge is 0.497 e. The second-order valence-corrected chi connectivity index (χ2v) is 9.09. The average molecular weight is 470 g/mol. The topological polar surface area (TPSA) is 82.1 Å². The molecular weight excluding hydrogens is 437 g/mol. The van der Waals surface area contributed by atoms with Crippen LogP contribution in [0.2, 0.25) is 0 Å². The van der Waals surface area contributed by atoms with E-state index in [0.29, 0.717) is 38.2 Å². The normalized spacial score (nSPS) is 21.4. The number of nitrogens with zero attached hydrogens (tertiary/aromatic N) is 2. The van der Waals surface area contributed by atoms with Gasteiger partial charge in [0.25, 0.3) is 0 Å². The minimum Gasteiger partial charge on any atom is -0.497 e. The van der Waals surface area contributed by atoms with Gasteiger partial charge in [0.1, 0.15) is 11.6 Å². The van der Waals surface area contributed by atoms with Crippen LogP contribution in [-0.2, 0) is 22.6 Å². The van der Waals surface area contributed by atoms with Crippen LogP contribution in [0.3, 0.4) is 0 Å². The van der Waals surface area contributed by atoms with Crippen molar-refractivity contribution in [3.63, 3.8) is 0 Å². The van der Waals surface area contributed by atoms with Gasteiger partial charge in [-0.1, -0.05) is 24.3 Å². The number of aliphatic hydroxyl groups is 1. The maximum atomic E-state index is 13.4. The quantitative estimate of drug-likeness (QED) is 0.649. The fourth-order valence-corrected chi connectivity index (χ4v) is 4.97. The van der Waals surface area contributed by atoms with Gasteiger partial charge in [-0.2, -0.15) is 0 Å². The van der Waals surface area contributed by atoms with Crippen LogP contribution >= 0.6 is 0 Å². The molecule has 2 aliphatic heterocycles. The summed E-state index contributed by atoms with van der Waals surface area (Å²) in [6.07, 6.45) is 1.52. The van der Waals surface area contributed by atoms with Gasteiger partial charge in [0, 0.05) is 32.2 Å². The zero-order chi connectivity index (χ0) is 24.1. The zero-order valence-electron chi connectivity index (χ0n) is 19.5. The first-order valence-corrected chi connectivity index (χ1v) is 11.8. The van der Waals surface area contributed by atoms with Crippen molar-refractivity contribution in [3.05, 3.63) is 65.5 Å². The standard InChI is InChI=1S/C26H32FN3O4/c1-34-23-7-3-5-19(13-23)16-28-26(33)24-15-22(31)17-30(24)21-8-10-29(11-9-21)25(32)14-18-4-2-6-20(27)12-18/h2-7,12-13,21-22,24,31H,8-11,14-17H2,1H3,(H,28,33)/t22-,24+/m1/s1. The lowest BCUT2D eigenvalue weighted by Crippen LogP contribution is -2.52. The number of ether oxygens (including phenoxy) is 1. The predicted octanol–water partition coefficient (Wildman–Crippen LogP) is 2.12. The van der Waals surface area contributed by atoms with Crippen LogP contribution in [0.5, 0.6) is 5.75 Å². The molecule has 7 nitrogen and oxygen atoms in total. The van der Waals surface area contributed by atoms with Gasteiger partial charge in [-0.05, 0) is 54.7 Å². The minimum atomic E-state index is -0.541. The van der Waals surface area contributed by atoms with Crippen molar-refractivity contribution in [2.24, 2.45) is 0 Å². The van der Waals surface area contributed by atoms with Gasteiger partial charge in [-0.3, -0.25) is 14.5 Å². The number of benzene rings is 2. The van der Waals surface area contributed by atoms with E-state index in [1.54, 1.807) is 19.2 Å². The molecule has 34 heavy (non-hydrogen) atoms. The average Bonchev–Trinajstić information content (AvgIpc) is 3.24. The molecule has 2 N–H and O–H groups in total. The summed E-state index contributed by atoms with van der Waals surface area (Å²) < 4.78 is 18.7. The number of hydrogen-bond donors (Lipinski definition) is 2. The van der Waals surface area contributed by atoms with Crippen LogP contribution in [0.1, 0.15) is 30.4 Å². The summed E-state index contributed by atoms with van der Waals surface area (Å²) in [5.41, 5.74) is 1.62. The molecule has 0 aromatic heterocycles. The fourth-order valence-electron chi connectivity index (χ4n) is 4.97. The second kappa shape index (κ2) is 11.0. The number of halogens is 1. The third kappa shape index (κ3) is 5.93. The van der Waals surface area contributed by atoms with Crippen LogP contribution in [0, 0.1) is 5.82 Å². The van der Waals surface area contributed by atoms with E-state index >= 15 is 0 Å². The Hall–Kier alpha value is -2.97. The van der Waals surface area contributed by atoms with Crippen molar-refractivity contribution in [1.29, 1.82) is 0 Å². The number of amides is 2. The highest BCUT2D eigenvalue weighted by molar-refractivity contribution is 5.82. The third-order valence-corrected chi connectivity index (χ3v) is 6.75. The number of piperidine rings is 1. The minimum absolute atomic E-state index is 0.0157. The molecule has 0 radical (unpaired) electrons. The first kappa shape index (κ1) is 24.2. The number of methoxy groups -OCH3 is 1. The number of likely N-dealkylation sites (tertiary alicyclic amines) is 2. The van der Waals surface area contributed by atoms with Crippen LogP contribution in [0.4, 0.5) is 4.39 Å². The Morgan fingerprint density at radius 3 is 2.59 bits per heavy atom. The highest BCUT2D eigenvalue weighted by atomic mass is 19.1. The summed E-state index contributed by atoms with van der Waals surface area (Å²) in [4.78, 5) is 29.6. The molecule has 2 amide bonds. The molecule has 2 aliphatic rings. The van der Waals surface area contributed by atoms with Crippen molar-refractivity contribution in [3.8, 4) is 5.75 Å². The van der Waals surface area contributed by atoms with Gasteiger partial charge in [-0.25, -0.2) is 4.39 Å². The Kier molecular flexibility index (Phi) is 7.80. The van der Waals surface area contributed by atoms with Gasteiger partial charge < -0.3 is 20.1 Å². The van der Waals surface area contributed by atoms with Gasteiger partial charge in [-0.15, -0.1) is 0 Å². The maximum Gasteiger partial charge on any atom is 0.237 e. The molecule has 2 aromatic carbocycles. The lowest BCUT2D eigenvalue weighted by atomic mass is 10.0. The van der Waals surface area contributed by atoms with Crippen molar-refractivity contribution >= 4 is 11.8 Å². The Balaban J connectivity index is 1.30. The van der Waals surface area contributed by atoms with E-state index in [1.165, 1.54) is 12.1 Å². The molecule has 2 aromatic rings. The van der Waals surface area contributed by atoms with E-state index in [2.05, 4.69) is 10.2 Å². The Labute approximate surface area is 199 Å². The van der Waals surface area contributed by atoms with Crippen molar-refractivity contribution in [2.45, 2.75) is 50.4 Å². The first-order chi connectivity index (χ1) is 16.4. The van der Waals surface area contributed by atoms with E-state index in [0.717, 1.165) is 24.2 Å². The van der Waals surface area contributed by atoms with E-state index < -0.39 is 6.10 Å². The number of hydrogen-bond acceptors (Lipinski definition) is 5. The first-order valence-electron chi connectivity index (χ1n) is 11.8. The monoisotopic (exact) mass is 469 g/mol. The third-order valence-electron chi connectivity index (χ3n) is 6.75. The maximum absolute atomic E-state index is 13.4. The van der Waals surface area contributed by atoms with Gasteiger partial charge in [0.2, 0.25) is 11.8 Å².